The van der Waals surface area contributed by atoms with Crippen LogP contribution >= 0.6 is 0 Å². The van der Waals surface area contributed by atoms with E-state index in [0.29, 0.717) is 0 Å². The Balaban J connectivity index is 2.98. The molecule has 0 spiro atoms. The number of carbonyl (C=O) groups is 2. The van der Waals surface area contributed by atoms with Crippen molar-refractivity contribution in [2.45, 2.75) is 26.9 Å². The summed E-state index contributed by atoms with van der Waals surface area (Å²) in [6.07, 6.45) is 1.86. The lowest BCUT2D eigenvalue weighted by Gasteiger charge is -2.26. The minimum Gasteiger partial charge on any atom is -0.462 e. The van der Waals surface area contributed by atoms with E-state index in [-0.39, 0.29) is 25.2 Å². The van der Waals surface area contributed by atoms with Gasteiger partial charge in [0.05, 0.1) is 0 Å². The number of esters is 2. The molecule has 0 aliphatic rings. The van der Waals surface area contributed by atoms with E-state index < -0.39 is 8.07 Å². The number of rotatable bonds is 6. The standard InChI is InChI=1S/C16H22O4Si/c1-13(17)19-11-10-16(12-20-14(2)18)21(3,4)15-8-6-5-7-9-15/h5-10H,11-12H2,1-4H3/b16-10+. The molecule has 0 unspecified atom stereocenters. The van der Waals surface area contributed by atoms with Crippen molar-refractivity contribution in [1.29, 1.82) is 0 Å². The third kappa shape index (κ3) is 5.55. The molecule has 0 radical (unpaired) electrons. The molecule has 21 heavy (non-hydrogen) atoms. The molecule has 0 bridgehead atoms. The number of ether oxygens (including phenoxy) is 2. The third-order valence-corrected chi connectivity index (χ3v) is 7.08. The van der Waals surface area contributed by atoms with Crippen LogP contribution in [0.2, 0.25) is 13.1 Å². The maximum Gasteiger partial charge on any atom is 0.302 e. The topological polar surface area (TPSA) is 52.6 Å². The summed E-state index contributed by atoms with van der Waals surface area (Å²) in [7, 11) is -1.96. The summed E-state index contributed by atoms with van der Waals surface area (Å²) >= 11 is 0. The van der Waals surface area contributed by atoms with Gasteiger partial charge in [-0.3, -0.25) is 9.59 Å². The Kier molecular flexibility index (Phi) is 6.36. The molecule has 1 aromatic carbocycles. The second-order valence-electron chi connectivity index (χ2n) is 5.30. The number of carbonyl (C=O) groups excluding carboxylic acids is 2. The van der Waals surface area contributed by atoms with Crippen LogP contribution in [0, 0.1) is 0 Å². The summed E-state index contributed by atoms with van der Waals surface area (Å²) in [6.45, 7) is 7.58. The van der Waals surface area contributed by atoms with E-state index in [9.17, 15) is 9.59 Å². The molecule has 0 N–H and O–H groups in total. The fourth-order valence-corrected chi connectivity index (χ4v) is 4.40. The average Bonchev–Trinajstić information content (AvgIpc) is 2.42. The first kappa shape index (κ1) is 17.2. The van der Waals surface area contributed by atoms with Crippen LogP contribution in [0.15, 0.2) is 41.6 Å². The van der Waals surface area contributed by atoms with Crippen LogP contribution in [0.1, 0.15) is 13.8 Å². The van der Waals surface area contributed by atoms with Gasteiger partial charge in [-0.15, -0.1) is 0 Å². The molecular weight excluding hydrogens is 284 g/mol. The Morgan fingerprint density at radius 2 is 1.62 bits per heavy atom. The Labute approximate surface area is 126 Å². The van der Waals surface area contributed by atoms with E-state index in [1.54, 1.807) is 0 Å². The molecule has 0 aliphatic heterocycles. The quantitative estimate of drug-likeness (QED) is 0.597. The van der Waals surface area contributed by atoms with E-state index in [1.807, 2.05) is 24.3 Å². The monoisotopic (exact) mass is 306 g/mol. The van der Waals surface area contributed by atoms with Crippen LogP contribution in [0.3, 0.4) is 0 Å². The van der Waals surface area contributed by atoms with Gasteiger partial charge in [0.2, 0.25) is 0 Å². The molecule has 0 aliphatic carbocycles. The van der Waals surface area contributed by atoms with Gasteiger partial charge >= 0.3 is 11.9 Å². The van der Waals surface area contributed by atoms with Crippen molar-refractivity contribution >= 4 is 25.2 Å². The van der Waals surface area contributed by atoms with E-state index in [0.717, 1.165) is 5.20 Å². The van der Waals surface area contributed by atoms with Crippen molar-refractivity contribution < 1.29 is 19.1 Å². The normalized spacial score (nSPS) is 11.9. The first-order valence-electron chi connectivity index (χ1n) is 6.86. The van der Waals surface area contributed by atoms with Gasteiger partial charge in [-0.1, -0.05) is 48.6 Å². The maximum atomic E-state index is 11.1. The molecule has 0 saturated heterocycles. The van der Waals surface area contributed by atoms with Crippen LogP contribution in [0.4, 0.5) is 0 Å². The van der Waals surface area contributed by atoms with Gasteiger partial charge in [-0.25, -0.2) is 0 Å². The van der Waals surface area contributed by atoms with Crippen molar-refractivity contribution in [2.24, 2.45) is 0 Å². The van der Waals surface area contributed by atoms with Gasteiger partial charge in [0.15, 0.2) is 0 Å². The molecule has 5 heteroatoms. The second kappa shape index (κ2) is 7.78. The Morgan fingerprint density at radius 3 is 2.14 bits per heavy atom. The first-order chi connectivity index (χ1) is 9.84. The first-order valence-corrected chi connectivity index (χ1v) is 9.86. The van der Waals surface area contributed by atoms with Gasteiger partial charge in [-0.05, 0) is 11.3 Å². The maximum absolute atomic E-state index is 11.1. The molecule has 0 atom stereocenters. The van der Waals surface area contributed by atoms with E-state index >= 15 is 0 Å². The zero-order valence-electron chi connectivity index (χ0n) is 13.0. The third-order valence-electron chi connectivity index (χ3n) is 3.35. The van der Waals surface area contributed by atoms with Gasteiger partial charge in [0, 0.05) is 13.8 Å². The van der Waals surface area contributed by atoms with Crippen molar-refractivity contribution in [1.82, 2.24) is 0 Å². The lowest BCUT2D eigenvalue weighted by atomic mass is 10.4. The summed E-state index contributed by atoms with van der Waals surface area (Å²) in [5, 5.41) is 2.27. The van der Waals surface area contributed by atoms with Crippen molar-refractivity contribution in [3.05, 3.63) is 41.6 Å². The van der Waals surface area contributed by atoms with Crippen LogP contribution in [-0.2, 0) is 19.1 Å². The molecule has 0 aromatic heterocycles. The van der Waals surface area contributed by atoms with Crippen molar-refractivity contribution in [3.8, 4) is 0 Å². The van der Waals surface area contributed by atoms with Gasteiger partial charge < -0.3 is 9.47 Å². The van der Waals surface area contributed by atoms with E-state index in [4.69, 9.17) is 9.47 Å². The minimum absolute atomic E-state index is 0.204. The second-order valence-corrected chi connectivity index (χ2v) is 9.77. The summed E-state index contributed by atoms with van der Waals surface area (Å²) in [4.78, 5) is 22.0. The zero-order chi connectivity index (χ0) is 15.9. The van der Waals surface area contributed by atoms with Crippen molar-refractivity contribution in [3.63, 3.8) is 0 Å². The average molecular weight is 306 g/mol. The molecule has 0 heterocycles. The highest BCUT2D eigenvalue weighted by Gasteiger charge is 2.28. The van der Waals surface area contributed by atoms with Crippen LogP contribution in [-0.4, -0.2) is 33.2 Å². The fraction of sp³-hybridized carbons (Fsp3) is 0.375. The van der Waals surface area contributed by atoms with Crippen LogP contribution in [0.25, 0.3) is 0 Å². The van der Waals surface area contributed by atoms with Gasteiger partial charge in [0.1, 0.15) is 21.3 Å². The molecule has 114 valence electrons. The molecule has 1 aromatic rings. The Hall–Kier alpha value is -1.88. The molecular formula is C16H22O4Si. The lowest BCUT2D eigenvalue weighted by Crippen LogP contribution is -2.45. The SMILES string of the molecule is CC(=O)OC/C=C(\COC(C)=O)[Si](C)(C)c1ccccc1. The predicted molar refractivity (Wildman–Crippen MR) is 84.9 cm³/mol. The van der Waals surface area contributed by atoms with Gasteiger partial charge in [-0.2, -0.15) is 0 Å². The summed E-state index contributed by atoms with van der Waals surface area (Å²) in [5.41, 5.74) is 0. The van der Waals surface area contributed by atoms with E-state index in [1.165, 1.54) is 19.0 Å². The molecule has 1 rings (SSSR count). The number of hydrogen-bond acceptors (Lipinski definition) is 4. The Morgan fingerprint density at radius 1 is 1.05 bits per heavy atom. The highest BCUT2D eigenvalue weighted by molar-refractivity contribution is 6.95. The Bertz CT molecular complexity index is 520. The highest BCUT2D eigenvalue weighted by Crippen LogP contribution is 2.16. The number of benzene rings is 1. The summed E-state index contributed by atoms with van der Waals surface area (Å²) < 4.78 is 10.1. The lowest BCUT2D eigenvalue weighted by molar-refractivity contribution is -0.141. The molecule has 0 saturated carbocycles. The fourth-order valence-electron chi connectivity index (χ4n) is 1.97. The summed E-state index contributed by atoms with van der Waals surface area (Å²) in [6, 6.07) is 10.1. The van der Waals surface area contributed by atoms with Gasteiger partial charge in [0.25, 0.3) is 0 Å². The molecule has 0 amide bonds. The highest BCUT2D eigenvalue weighted by atomic mass is 28.3. The predicted octanol–water partition coefficient (Wildman–Crippen LogP) is 2.19. The van der Waals surface area contributed by atoms with Crippen molar-refractivity contribution in [2.75, 3.05) is 13.2 Å². The molecule has 4 nitrogen and oxygen atoms in total. The largest absolute Gasteiger partial charge is 0.462 e. The number of hydrogen-bond donors (Lipinski definition) is 0. The minimum atomic E-state index is -1.96. The summed E-state index contributed by atoms with van der Waals surface area (Å²) in [5.74, 6) is -0.636. The smallest absolute Gasteiger partial charge is 0.302 e. The zero-order valence-corrected chi connectivity index (χ0v) is 14.0. The van der Waals surface area contributed by atoms with Crippen LogP contribution in [0.5, 0.6) is 0 Å². The van der Waals surface area contributed by atoms with Crippen LogP contribution < -0.4 is 5.19 Å². The van der Waals surface area contributed by atoms with E-state index in [2.05, 4.69) is 25.2 Å². The molecule has 0 fully saturated rings.